The maximum absolute atomic E-state index is 13.2. The summed E-state index contributed by atoms with van der Waals surface area (Å²) in [5.41, 5.74) is 3.57. The molecule has 1 amide bonds. The summed E-state index contributed by atoms with van der Waals surface area (Å²) in [6, 6.07) is 5.95. The molecule has 160 valence electrons. The van der Waals surface area contributed by atoms with Gasteiger partial charge in [0.1, 0.15) is 12.1 Å². The molecule has 0 atom stereocenters. The Morgan fingerprint density at radius 1 is 1.23 bits per heavy atom. The molecule has 9 nitrogen and oxygen atoms in total. The van der Waals surface area contributed by atoms with Crippen LogP contribution >= 0.6 is 23.1 Å². The lowest BCUT2D eigenvalue weighted by molar-refractivity contribution is -0.117. The molecule has 0 aliphatic carbocycles. The van der Waals surface area contributed by atoms with Gasteiger partial charge >= 0.3 is 0 Å². The van der Waals surface area contributed by atoms with E-state index < -0.39 is 5.91 Å². The first kappa shape index (κ1) is 21.2. The van der Waals surface area contributed by atoms with Crippen molar-refractivity contribution in [3.05, 3.63) is 51.6 Å². The molecular weight excluding hydrogens is 434 g/mol. The molecule has 4 rings (SSSR count). The molecule has 11 heteroatoms. The molecule has 3 heterocycles. The van der Waals surface area contributed by atoms with Gasteiger partial charge in [0.25, 0.3) is 5.56 Å². The maximum atomic E-state index is 13.2. The van der Waals surface area contributed by atoms with Crippen LogP contribution < -0.4 is 10.9 Å². The Labute approximate surface area is 186 Å². The van der Waals surface area contributed by atoms with E-state index in [1.807, 2.05) is 39.0 Å². The number of amides is 1. The Bertz CT molecular complexity index is 1340. The third kappa shape index (κ3) is 4.23. The summed E-state index contributed by atoms with van der Waals surface area (Å²) in [5.74, 6) is 0.477. The minimum absolute atomic E-state index is 0.233. The number of carbonyl (C=O) groups is 1. The van der Waals surface area contributed by atoms with E-state index in [9.17, 15) is 9.59 Å². The second-order valence-corrected chi connectivity index (χ2v) is 9.50. The number of fused-ring (bicyclic) bond motifs is 1. The van der Waals surface area contributed by atoms with Crippen LogP contribution in [0.25, 0.3) is 16.6 Å². The lowest BCUT2D eigenvalue weighted by Crippen LogP contribution is -2.31. The molecule has 1 N–H and O–H groups in total. The van der Waals surface area contributed by atoms with Crippen LogP contribution in [0.1, 0.15) is 23.7 Å². The predicted molar refractivity (Wildman–Crippen MR) is 122 cm³/mol. The first-order valence-corrected chi connectivity index (χ1v) is 11.5. The number of aryl methyl sites for hydroxylation is 3. The summed E-state index contributed by atoms with van der Waals surface area (Å²) in [4.78, 5) is 25.8. The fraction of sp³-hybridized carbons (Fsp3) is 0.300. The highest BCUT2D eigenvalue weighted by Crippen LogP contribution is 2.25. The molecule has 0 fully saturated rings. The molecule has 0 saturated carbocycles. The molecule has 0 aliphatic heterocycles. The minimum atomic E-state index is -0.393. The number of rotatable bonds is 6. The number of aromatic nitrogens is 6. The molecule has 0 spiro atoms. The smallest absolute Gasteiger partial charge is 0.293 e. The number of hydrogen-bond acceptors (Lipinski definition) is 8. The molecule has 4 aromatic rings. The number of anilines is 1. The first-order chi connectivity index (χ1) is 14.9. The second-order valence-electron chi connectivity index (χ2n) is 7.01. The molecule has 0 bridgehead atoms. The van der Waals surface area contributed by atoms with Crippen LogP contribution in [0, 0.1) is 20.8 Å². The van der Waals surface area contributed by atoms with E-state index in [0.29, 0.717) is 21.7 Å². The topological polar surface area (TPSA) is 108 Å². The lowest BCUT2D eigenvalue weighted by atomic mass is 10.1. The highest BCUT2D eigenvalue weighted by molar-refractivity contribution is 8.01. The van der Waals surface area contributed by atoms with Crippen molar-refractivity contribution in [1.82, 2.24) is 29.8 Å². The highest BCUT2D eigenvalue weighted by atomic mass is 32.2. The van der Waals surface area contributed by atoms with Gasteiger partial charge in [-0.25, -0.2) is 9.36 Å². The quantitative estimate of drug-likeness (QED) is 0.352. The van der Waals surface area contributed by atoms with Crippen LogP contribution in [0.5, 0.6) is 0 Å². The van der Waals surface area contributed by atoms with Crippen LogP contribution in [0.15, 0.2) is 33.5 Å². The van der Waals surface area contributed by atoms with Gasteiger partial charge in [0.15, 0.2) is 4.34 Å². The Morgan fingerprint density at radius 3 is 2.77 bits per heavy atom. The zero-order chi connectivity index (χ0) is 22.1. The third-order valence-corrected chi connectivity index (χ3v) is 6.52. The first-order valence-electron chi connectivity index (χ1n) is 9.66. The summed E-state index contributed by atoms with van der Waals surface area (Å²) in [6.07, 6.45) is 1.64. The van der Waals surface area contributed by atoms with E-state index in [1.165, 1.54) is 11.3 Å². The number of nitrogens with zero attached hydrogens (tertiary/aromatic N) is 6. The SMILES string of the molecule is CCSc1nnc(NC(=O)Cn2nc(C)c3cnn(-c4ccc(C)cc4C)c3c2=O)s1. The minimum Gasteiger partial charge on any atom is -0.299 e. The van der Waals surface area contributed by atoms with Crippen molar-refractivity contribution in [1.29, 1.82) is 0 Å². The molecule has 0 unspecified atom stereocenters. The number of carbonyl (C=O) groups excluding carboxylic acids is 1. The number of nitrogens with one attached hydrogen (secondary N) is 1. The van der Waals surface area contributed by atoms with Crippen molar-refractivity contribution >= 4 is 45.0 Å². The molecule has 0 aliphatic rings. The Kier molecular flexibility index (Phi) is 5.88. The average molecular weight is 456 g/mol. The van der Waals surface area contributed by atoms with Gasteiger partial charge in [0, 0.05) is 5.39 Å². The maximum Gasteiger partial charge on any atom is 0.293 e. The monoisotopic (exact) mass is 455 g/mol. The van der Waals surface area contributed by atoms with Crippen molar-refractivity contribution in [2.45, 2.75) is 38.6 Å². The molecule has 3 aromatic heterocycles. The van der Waals surface area contributed by atoms with Crippen LogP contribution in [-0.4, -0.2) is 41.4 Å². The van der Waals surface area contributed by atoms with Crippen molar-refractivity contribution in [3.8, 4) is 5.69 Å². The van der Waals surface area contributed by atoms with E-state index in [-0.39, 0.29) is 12.1 Å². The van der Waals surface area contributed by atoms with Crippen molar-refractivity contribution in [2.75, 3.05) is 11.1 Å². The van der Waals surface area contributed by atoms with Gasteiger partial charge < -0.3 is 0 Å². The fourth-order valence-electron chi connectivity index (χ4n) is 3.29. The van der Waals surface area contributed by atoms with E-state index >= 15 is 0 Å². The Balaban J connectivity index is 1.68. The molecule has 31 heavy (non-hydrogen) atoms. The van der Waals surface area contributed by atoms with Crippen LogP contribution in [0.4, 0.5) is 5.13 Å². The van der Waals surface area contributed by atoms with Gasteiger partial charge in [-0.1, -0.05) is 47.7 Å². The molecule has 0 radical (unpaired) electrons. The van der Waals surface area contributed by atoms with Crippen LogP contribution in [0.3, 0.4) is 0 Å². The van der Waals surface area contributed by atoms with Crippen molar-refractivity contribution < 1.29 is 4.79 Å². The lowest BCUT2D eigenvalue weighted by Gasteiger charge is -2.10. The Morgan fingerprint density at radius 2 is 2.03 bits per heavy atom. The van der Waals surface area contributed by atoms with Gasteiger partial charge in [0.05, 0.1) is 17.6 Å². The predicted octanol–water partition coefficient (Wildman–Crippen LogP) is 3.11. The molecule has 1 aromatic carbocycles. The van der Waals surface area contributed by atoms with Crippen molar-refractivity contribution in [2.24, 2.45) is 0 Å². The summed E-state index contributed by atoms with van der Waals surface area (Å²) in [7, 11) is 0. The van der Waals surface area contributed by atoms with Gasteiger partial charge in [-0.05, 0) is 38.2 Å². The standard InChI is InChI=1S/C20H21N7O2S2/c1-5-30-20-24-23-19(31-20)22-16(28)10-26-18(29)17-14(13(4)25-26)9-21-27(17)15-7-6-11(2)8-12(15)3/h6-9H,5,10H2,1-4H3,(H,22,23,28). The number of benzene rings is 1. The van der Waals surface area contributed by atoms with E-state index in [1.54, 1.807) is 29.6 Å². The van der Waals surface area contributed by atoms with Gasteiger partial charge in [-0.15, -0.1) is 10.2 Å². The molecule has 0 saturated heterocycles. The number of hydrogen-bond donors (Lipinski definition) is 1. The molecular formula is C20H21N7O2S2. The van der Waals surface area contributed by atoms with Gasteiger partial charge in [-0.2, -0.15) is 10.2 Å². The largest absolute Gasteiger partial charge is 0.299 e. The zero-order valence-electron chi connectivity index (χ0n) is 17.5. The van der Waals surface area contributed by atoms with Crippen molar-refractivity contribution in [3.63, 3.8) is 0 Å². The summed E-state index contributed by atoms with van der Waals surface area (Å²) >= 11 is 2.85. The normalized spacial score (nSPS) is 11.2. The zero-order valence-corrected chi connectivity index (χ0v) is 19.2. The summed E-state index contributed by atoms with van der Waals surface area (Å²) in [6.45, 7) is 7.57. The van der Waals surface area contributed by atoms with E-state index in [4.69, 9.17) is 0 Å². The fourth-order valence-corrected chi connectivity index (χ4v) is 4.96. The van der Waals surface area contributed by atoms with Crippen LogP contribution in [0.2, 0.25) is 0 Å². The summed E-state index contributed by atoms with van der Waals surface area (Å²) in [5, 5.41) is 20.5. The average Bonchev–Trinajstić information content (AvgIpc) is 3.34. The summed E-state index contributed by atoms with van der Waals surface area (Å²) < 4.78 is 3.56. The van der Waals surface area contributed by atoms with E-state index in [0.717, 1.165) is 31.6 Å². The second kappa shape index (κ2) is 8.60. The third-order valence-electron chi connectivity index (χ3n) is 4.66. The van der Waals surface area contributed by atoms with Gasteiger partial charge in [0.2, 0.25) is 11.0 Å². The Hall–Kier alpha value is -3.05. The van der Waals surface area contributed by atoms with Crippen LogP contribution in [-0.2, 0) is 11.3 Å². The number of thioether (sulfide) groups is 1. The van der Waals surface area contributed by atoms with Gasteiger partial charge in [-0.3, -0.25) is 14.9 Å². The highest BCUT2D eigenvalue weighted by Gasteiger charge is 2.18. The van der Waals surface area contributed by atoms with E-state index in [2.05, 4.69) is 25.7 Å².